The van der Waals surface area contributed by atoms with Gasteiger partial charge in [0.2, 0.25) is 5.91 Å². The lowest BCUT2D eigenvalue weighted by Gasteiger charge is -2.15. The molecule has 3 heterocycles. The highest BCUT2D eigenvalue weighted by Crippen LogP contribution is 2.14. The first kappa shape index (κ1) is 19.2. The van der Waals surface area contributed by atoms with Gasteiger partial charge in [0.15, 0.2) is 5.82 Å². The third kappa shape index (κ3) is 4.00. The van der Waals surface area contributed by atoms with Crippen molar-refractivity contribution in [2.24, 2.45) is 0 Å². The molecular formula is C21H16FN5O3. The maximum absolute atomic E-state index is 13.0. The van der Waals surface area contributed by atoms with Crippen LogP contribution in [-0.4, -0.2) is 25.0 Å². The third-order valence-corrected chi connectivity index (χ3v) is 4.48. The van der Waals surface area contributed by atoms with Crippen LogP contribution in [0.15, 0.2) is 76.7 Å². The van der Waals surface area contributed by atoms with E-state index in [4.69, 9.17) is 0 Å². The van der Waals surface area contributed by atoms with Crippen molar-refractivity contribution >= 4 is 11.6 Å². The highest BCUT2D eigenvalue weighted by Gasteiger charge is 2.18. The molecule has 4 rings (SSSR count). The van der Waals surface area contributed by atoms with Crippen molar-refractivity contribution in [1.82, 2.24) is 19.1 Å². The van der Waals surface area contributed by atoms with E-state index in [1.165, 1.54) is 28.8 Å². The van der Waals surface area contributed by atoms with Gasteiger partial charge in [0, 0.05) is 24.3 Å². The Morgan fingerprint density at radius 1 is 1.03 bits per heavy atom. The molecule has 0 fully saturated rings. The van der Waals surface area contributed by atoms with Crippen molar-refractivity contribution in [3.8, 4) is 11.4 Å². The highest BCUT2D eigenvalue weighted by atomic mass is 19.1. The minimum atomic E-state index is -0.705. The van der Waals surface area contributed by atoms with Crippen LogP contribution in [0.2, 0.25) is 0 Å². The zero-order valence-electron chi connectivity index (χ0n) is 15.7. The van der Waals surface area contributed by atoms with Gasteiger partial charge in [0.25, 0.3) is 5.56 Å². The van der Waals surface area contributed by atoms with Crippen molar-refractivity contribution in [1.29, 1.82) is 0 Å². The molecule has 0 saturated heterocycles. The summed E-state index contributed by atoms with van der Waals surface area (Å²) in [4.78, 5) is 45.7. The van der Waals surface area contributed by atoms with E-state index in [1.807, 2.05) is 0 Å². The Balaban J connectivity index is 1.63. The molecule has 2 aliphatic rings. The van der Waals surface area contributed by atoms with E-state index >= 15 is 0 Å². The summed E-state index contributed by atoms with van der Waals surface area (Å²) in [6.45, 7) is -0.0992. The average Bonchev–Trinajstić information content (AvgIpc) is 2.74. The molecule has 150 valence electrons. The first-order valence-electron chi connectivity index (χ1n) is 9.05. The molecule has 0 atom stereocenters. The number of fused-ring (bicyclic) bond motifs is 1. The van der Waals surface area contributed by atoms with Crippen molar-refractivity contribution in [2.75, 3.05) is 5.32 Å². The van der Waals surface area contributed by atoms with Crippen molar-refractivity contribution < 1.29 is 9.18 Å². The quantitative estimate of drug-likeness (QED) is 0.545. The van der Waals surface area contributed by atoms with Crippen LogP contribution in [0.25, 0.3) is 11.4 Å². The largest absolute Gasteiger partial charge is 0.352 e. The Kier molecular flexibility index (Phi) is 5.17. The lowest BCUT2D eigenvalue weighted by molar-refractivity contribution is -0.116. The van der Waals surface area contributed by atoms with Crippen LogP contribution in [0.4, 0.5) is 10.1 Å². The summed E-state index contributed by atoms with van der Waals surface area (Å²) >= 11 is 0. The number of nitrogens with one attached hydrogen (secondary N) is 1. The van der Waals surface area contributed by atoms with Gasteiger partial charge in [-0.25, -0.2) is 9.18 Å². The molecule has 1 amide bonds. The number of hydrogen-bond donors (Lipinski definition) is 1. The summed E-state index contributed by atoms with van der Waals surface area (Å²) in [6.07, 6.45) is 4.71. The number of halogens is 1. The number of hydrogen-bond acceptors (Lipinski definition) is 5. The number of carbonyl (C=O) groups excluding carboxylic acids is 1. The fraction of sp³-hybridized carbons (Fsp3) is 0.0952. The van der Waals surface area contributed by atoms with E-state index in [0.29, 0.717) is 5.69 Å². The van der Waals surface area contributed by atoms with Gasteiger partial charge < -0.3 is 9.88 Å². The van der Waals surface area contributed by atoms with E-state index in [9.17, 15) is 18.8 Å². The molecule has 9 heteroatoms. The van der Waals surface area contributed by atoms with Crippen LogP contribution in [-0.2, 0) is 17.9 Å². The topological polar surface area (TPSA) is 98.9 Å². The van der Waals surface area contributed by atoms with Crippen molar-refractivity contribution in [2.45, 2.75) is 13.1 Å². The summed E-state index contributed by atoms with van der Waals surface area (Å²) in [7, 11) is 0. The number of amides is 1. The number of aromatic nitrogens is 4. The van der Waals surface area contributed by atoms with Crippen LogP contribution >= 0.6 is 0 Å². The van der Waals surface area contributed by atoms with Crippen LogP contribution in [0.3, 0.4) is 0 Å². The van der Waals surface area contributed by atoms with E-state index in [-0.39, 0.29) is 24.5 Å². The van der Waals surface area contributed by atoms with Gasteiger partial charge in [-0.3, -0.25) is 19.1 Å². The highest BCUT2D eigenvalue weighted by molar-refractivity contribution is 5.90. The summed E-state index contributed by atoms with van der Waals surface area (Å²) in [6, 6.07) is 11.9. The van der Waals surface area contributed by atoms with Gasteiger partial charge in [0.05, 0.1) is 12.1 Å². The lowest BCUT2D eigenvalue weighted by atomic mass is 10.2. The summed E-state index contributed by atoms with van der Waals surface area (Å²) in [5, 5.41) is 2.63. The maximum atomic E-state index is 13.0. The molecule has 1 aromatic heterocycles. The van der Waals surface area contributed by atoms with Gasteiger partial charge in [-0.05, 0) is 54.1 Å². The van der Waals surface area contributed by atoms with Crippen LogP contribution in [0.1, 0.15) is 5.56 Å². The van der Waals surface area contributed by atoms with Gasteiger partial charge in [-0.1, -0.05) is 0 Å². The summed E-state index contributed by atoms with van der Waals surface area (Å²) < 4.78 is 15.5. The zero-order chi connectivity index (χ0) is 21.1. The zero-order valence-corrected chi connectivity index (χ0v) is 15.7. The Morgan fingerprint density at radius 3 is 2.50 bits per heavy atom. The Morgan fingerprint density at radius 2 is 1.77 bits per heavy atom. The first-order valence-corrected chi connectivity index (χ1v) is 9.05. The van der Waals surface area contributed by atoms with E-state index in [2.05, 4.69) is 15.3 Å². The second-order valence-electron chi connectivity index (χ2n) is 6.57. The summed E-state index contributed by atoms with van der Waals surface area (Å²) in [5.74, 6) is -0.700. The standard InChI is InChI=1S/C21H16FN5O3/c22-15-3-5-16(6-4-15)24-18(28)13-26-11-1-2-17-19(26)25-21(30)27(20(17)29)12-14-7-9-23-10-8-14/h1-11H,12-13H2,(H,24,28). The fourth-order valence-electron chi connectivity index (χ4n) is 3.04. The number of pyridine rings is 2. The Hall–Kier alpha value is -4.14. The molecule has 0 spiro atoms. The van der Waals surface area contributed by atoms with E-state index in [0.717, 1.165) is 10.1 Å². The van der Waals surface area contributed by atoms with Crippen molar-refractivity contribution in [3.05, 3.63) is 99.3 Å². The molecule has 2 aliphatic heterocycles. The SMILES string of the molecule is O=C(Cn1cccc2c(=O)n(Cc3ccncc3)c(=O)nc1-2)Nc1ccc(F)cc1. The molecule has 1 aromatic carbocycles. The van der Waals surface area contributed by atoms with E-state index in [1.54, 1.807) is 42.9 Å². The maximum Gasteiger partial charge on any atom is 0.352 e. The first-order chi connectivity index (χ1) is 14.5. The minimum absolute atomic E-state index is 0.0725. The van der Waals surface area contributed by atoms with Crippen LogP contribution in [0, 0.1) is 5.82 Å². The second-order valence-corrected chi connectivity index (χ2v) is 6.57. The number of rotatable bonds is 5. The normalized spacial score (nSPS) is 10.8. The fourth-order valence-corrected chi connectivity index (χ4v) is 3.04. The predicted molar refractivity (Wildman–Crippen MR) is 108 cm³/mol. The Labute approximate surface area is 169 Å². The van der Waals surface area contributed by atoms with Crippen molar-refractivity contribution in [3.63, 3.8) is 0 Å². The van der Waals surface area contributed by atoms with E-state index < -0.39 is 23.0 Å². The number of carbonyl (C=O) groups is 1. The molecule has 0 bridgehead atoms. The molecule has 0 radical (unpaired) electrons. The molecule has 8 nitrogen and oxygen atoms in total. The molecule has 0 saturated carbocycles. The molecule has 2 aromatic rings. The second kappa shape index (κ2) is 8.08. The molecule has 1 N–H and O–H groups in total. The molecular weight excluding hydrogens is 389 g/mol. The minimum Gasteiger partial charge on any atom is -0.325 e. The predicted octanol–water partition coefficient (Wildman–Crippen LogP) is 1.73. The van der Waals surface area contributed by atoms with Crippen LogP contribution < -0.4 is 16.6 Å². The monoisotopic (exact) mass is 405 g/mol. The summed E-state index contributed by atoms with van der Waals surface area (Å²) in [5.41, 5.74) is 0.200. The van der Waals surface area contributed by atoms with Crippen LogP contribution in [0.5, 0.6) is 0 Å². The van der Waals surface area contributed by atoms with Gasteiger partial charge in [0.1, 0.15) is 12.4 Å². The average molecular weight is 405 g/mol. The number of benzene rings is 1. The third-order valence-electron chi connectivity index (χ3n) is 4.48. The lowest BCUT2D eigenvalue weighted by Crippen LogP contribution is -2.38. The number of anilines is 1. The smallest absolute Gasteiger partial charge is 0.325 e. The molecule has 0 unspecified atom stereocenters. The van der Waals surface area contributed by atoms with Gasteiger partial charge in [-0.15, -0.1) is 0 Å². The van der Waals surface area contributed by atoms with Gasteiger partial charge in [-0.2, -0.15) is 4.98 Å². The molecule has 30 heavy (non-hydrogen) atoms. The van der Waals surface area contributed by atoms with Gasteiger partial charge >= 0.3 is 5.69 Å². The Bertz CT molecular complexity index is 1280. The molecule has 0 aliphatic carbocycles. The number of nitrogens with zero attached hydrogens (tertiary/aromatic N) is 4.